The van der Waals surface area contributed by atoms with Crippen molar-refractivity contribution in [3.8, 4) is 6.07 Å². The molecule has 0 radical (unpaired) electrons. The number of nitrogens with zero attached hydrogens (tertiary/aromatic N) is 1. The van der Waals surface area contributed by atoms with E-state index in [4.69, 9.17) is 11.0 Å². The number of hydrogen-bond donors (Lipinski definition) is 2. The van der Waals surface area contributed by atoms with Gasteiger partial charge in [-0.1, -0.05) is 34.1 Å². The molecule has 3 nitrogen and oxygen atoms in total. The number of para-hydroxylation sites is 1. The number of nitrogens with one attached hydrogen (secondary N) is 1. The Bertz CT molecular complexity index is 632. The summed E-state index contributed by atoms with van der Waals surface area (Å²) in [5.41, 5.74) is 9.14. The van der Waals surface area contributed by atoms with E-state index in [-0.39, 0.29) is 6.04 Å². The molecule has 0 aliphatic carbocycles. The van der Waals surface area contributed by atoms with E-state index >= 15 is 0 Å². The van der Waals surface area contributed by atoms with Gasteiger partial charge in [0.2, 0.25) is 0 Å². The summed E-state index contributed by atoms with van der Waals surface area (Å²) in [5.74, 6) is 0. The third kappa shape index (κ3) is 3.07. The number of benzene rings is 2. The lowest BCUT2D eigenvalue weighted by atomic mass is 10.1. The van der Waals surface area contributed by atoms with Gasteiger partial charge < -0.3 is 11.1 Å². The van der Waals surface area contributed by atoms with Gasteiger partial charge in [-0.25, -0.2) is 0 Å². The van der Waals surface area contributed by atoms with Crippen molar-refractivity contribution >= 4 is 27.3 Å². The molecule has 0 spiro atoms. The standard InChI is InChI=1S/C15H14BrN3/c1-10(13-4-2-3-5-14(13)18)19-15-8-12(16)7-6-11(15)9-17/h2-8,10,19H,18H2,1H3. The van der Waals surface area contributed by atoms with Crippen LogP contribution >= 0.6 is 15.9 Å². The molecule has 2 rings (SSSR count). The summed E-state index contributed by atoms with van der Waals surface area (Å²) in [6.45, 7) is 2.02. The number of nitrogens with two attached hydrogens (primary N) is 1. The van der Waals surface area contributed by atoms with Gasteiger partial charge in [0.15, 0.2) is 0 Å². The van der Waals surface area contributed by atoms with Gasteiger partial charge in [0.1, 0.15) is 6.07 Å². The van der Waals surface area contributed by atoms with Crippen LogP contribution in [0.2, 0.25) is 0 Å². The Labute approximate surface area is 121 Å². The molecule has 4 heteroatoms. The Morgan fingerprint density at radius 3 is 2.68 bits per heavy atom. The average Bonchev–Trinajstić information content (AvgIpc) is 2.39. The molecule has 0 heterocycles. The Kier molecular flexibility index (Phi) is 4.08. The van der Waals surface area contributed by atoms with Crippen molar-refractivity contribution in [3.63, 3.8) is 0 Å². The van der Waals surface area contributed by atoms with E-state index in [1.165, 1.54) is 0 Å². The highest BCUT2D eigenvalue weighted by molar-refractivity contribution is 9.10. The molecule has 0 saturated heterocycles. The number of rotatable bonds is 3. The molecule has 0 aliphatic heterocycles. The topological polar surface area (TPSA) is 61.8 Å². The fraction of sp³-hybridized carbons (Fsp3) is 0.133. The average molecular weight is 316 g/mol. The molecule has 96 valence electrons. The number of nitriles is 1. The second-order valence-electron chi connectivity index (χ2n) is 4.30. The SMILES string of the molecule is CC(Nc1cc(Br)ccc1C#N)c1ccccc1N. The number of anilines is 2. The first-order chi connectivity index (χ1) is 9.11. The quantitative estimate of drug-likeness (QED) is 0.839. The van der Waals surface area contributed by atoms with Crippen LogP contribution in [0.5, 0.6) is 0 Å². The molecule has 0 amide bonds. The summed E-state index contributed by atoms with van der Waals surface area (Å²) in [5, 5.41) is 12.4. The lowest BCUT2D eigenvalue weighted by Gasteiger charge is -2.18. The van der Waals surface area contributed by atoms with Crippen LogP contribution in [0.3, 0.4) is 0 Å². The highest BCUT2D eigenvalue weighted by atomic mass is 79.9. The smallest absolute Gasteiger partial charge is 0.101 e. The van der Waals surface area contributed by atoms with Gasteiger partial charge in [-0.2, -0.15) is 5.26 Å². The van der Waals surface area contributed by atoms with E-state index in [1.54, 1.807) is 6.07 Å². The van der Waals surface area contributed by atoms with Crippen molar-refractivity contribution in [1.29, 1.82) is 5.26 Å². The summed E-state index contributed by atoms with van der Waals surface area (Å²) in [7, 11) is 0. The zero-order valence-corrected chi connectivity index (χ0v) is 12.1. The summed E-state index contributed by atoms with van der Waals surface area (Å²) < 4.78 is 0.933. The first-order valence-electron chi connectivity index (χ1n) is 5.92. The van der Waals surface area contributed by atoms with E-state index in [0.717, 1.165) is 21.4 Å². The maximum absolute atomic E-state index is 9.12. The molecule has 3 N–H and O–H groups in total. The number of hydrogen-bond acceptors (Lipinski definition) is 3. The van der Waals surface area contributed by atoms with Crippen molar-refractivity contribution in [2.24, 2.45) is 0 Å². The van der Waals surface area contributed by atoms with Crippen LogP contribution in [0.1, 0.15) is 24.1 Å². The maximum atomic E-state index is 9.12. The van der Waals surface area contributed by atoms with E-state index in [9.17, 15) is 0 Å². The monoisotopic (exact) mass is 315 g/mol. The molecule has 2 aromatic rings. The molecule has 0 bridgehead atoms. The van der Waals surface area contributed by atoms with Gasteiger partial charge >= 0.3 is 0 Å². The molecule has 1 atom stereocenters. The highest BCUT2D eigenvalue weighted by Crippen LogP contribution is 2.27. The molecular formula is C15H14BrN3. The minimum Gasteiger partial charge on any atom is -0.398 e. The van der Waals surface area contributed by atoms with Crippen LogP contribution in [0.25, 0.3) is 0 Å². The predicted molar refractivity (Wildman–Crippen MR) is 81.7 cm³/mol. The minimum atomic E-state index is 0.0302. The normalized spacial score (nSPS) is 11.6. The van der Waals surface area contributed by atoms with Gasteiger partial charge in [0.25, 0.3) is 0 Å². The Balaban J connectivity index is 2.29. The third-order valence-electron chi connectivity index (χ3n) is 2.94. The molecule has 0 aromatic heterocycles. The molecule has 0 aliphatic rings. The second kappa shape index (κ2) is 5.77. The third-order valence-corrected chi connectivity index (χ3v) is 3.43. The summed E-state index contributed by atoms with van der Waals surface area (Å²) in [4.78, 5) is 0. The zero-order chi connectivity index (χ0) is 13.8. The predicted octanol–water partition coefficient (Wildman–Crippen LogP) is 4.08. The zero-order valence-electron chi connectivity index (χ0n) is 10.5. The van der Waals surface area contributed by atoms with E-state index < -0.39 is 0 Å². The van der Waals surface area contributed by atoms with Crippen molar-refractivity contribution in [2.75, 3.05) is 11.1 Å². The first kappa shape index (κ1) is 13.4. The highest BCUT2D eigenvalue weighted by Gasteiger charge is 2.10. The van der Waals surface area contributed by atoms with E-state index in [1.807, 2.05) is 43.3 Å². The van der Waals surface area contributed by atoms with Gasteiger partial charge in [0, 0.05) is 10.2 Å². The molecule has 2 aromatic carbocycles. The van der Waals surface area contributed by atoms with Crippen LogP contribution in [0.4, 0.5) is 11.4 Å². The van der Waals surface area contributed by atoms with Gasteiger partial charge in [-0.05, 0) is 36.8 Å². The Morgan fingerprint density at radius 2 is 2.00 bits per heavy atom. The van der Waals surface area contributed by atoms with Gasteiger partial charge in [0.05, 0.1) is 17.3 Å². The largest absolute Gasteiger partial charge is 0.398 e. The summed E-state index contributed by atoms with van der Waals surface area (Å²) in [6.07, 6.45) is 0. The van der Waals surface area contributed by atoms with Crippen LogP contribution in [0, 0.1) is 11.3 Å². The lowest BCUT2D eigenvalue weighted by molar-refractivity contribution is 0.887. The second-order valence-corrected chi connectivity index (χ2v) is 5.21. The first-order valence-corrected chi connectivity index (χ1v) is 6.71. The molecular weight excluding hydrogens is 302 g/mol. The lowest BCUT2D eigenvalue weighted by Crippen LogP contribution is -2.10. The van der Waals surface area contributed by atoms with Crippen LogP contribution in [-0.2, 0) is 0 Å². The van der Waals surface area contributed by atoms with Crippen molar-refractivity contribution in [2.45, 2.75) is 13.0 Å². The van der Waals surface area contributed by atoms with Gasteiger partial charge in [-0.3, -0.25) is 0 Å². The van der Waals surface area contributed by atoms with Crippen molar-refractivity contribution < 1.29 is 0 Å². The van der Waals surface area contributed by atoms with Crippen LogP contribution in [-0.4, -0.2) is 0 Å². The molecule has 0 fully saturated rings. The number of halogens is 1. The maximum Gasteiger partial charge on any atom is 0.101 e. The fourth-order valence-electron chi connectivity index (χ4n) is 1.95. The Hall–Kier alpha value is -1.99. The van der Waals surface area contributed by atoms with Gasteiger partial charge in [-0.15, -0.1) is 0 Å². The molecule has 1 unspecified atom stereocenters. The van der Waals surface area contributed by atoms with Crippen molar-refractivity contribution in [3.05, 3.63) is 58.1 Å². The summed E-state index contributed by atoms with van der Waals surface area (Å²) >= 11 is 3.41. The van der Waals surface area contributed by atoms with Crippen LogP contribution < -0.4 is 11.1 Å². The van der Waals surface area contributed by atoms with Crippen molar-refractivity contribution in [1.82, 2.24) is 0 Å². The molecule has 19 heavy (non-hydrogen) atoms. The number of nitrogen functional groups attached to an aromatic ring is 1. The Morgan fingerprint density at radius 1 is 1.26 bits per heavy atom. The minimum absolute atomic E-state index is 0.0302. The fourth-order valence-corrected chi connectivity index (χ4v) is 2.31. The summed E-state index contributed by atoms with van der Waals surface area (Å²) in [6, 6.07) is 15.5. The molecule has 0 saturated carbocycles. The van der Waals surface area contributed by atoms with E-state index in [0.29, 0.717) is 5.56 Å². The van der Waals surface area contributed by atoms with E-state index in [2.05, 4.69) is 27.3 Å². The van der Waals surface area contributed by atoms with Crippen LogP contribution in [0.15, 0.2) is 46.9 Å².